The maximum Gasteiger partial charge on any atom is 0.266 e. The van der Waals surface area contributed by atoms with E-state index in [0.717, 1.165) is 16.8 Å². The summed E-state index contributed by atoms with van der Waals surface area (Å²) < 4.78 is 0. The van der Waals surface area contributed by atoms with E-state index in [4.69, 9.17) is 0 Å². The largest absolute Gasteiger partial charge is 0.325 e. The van der Waals surface area contributed by atoms with Crippen molar-refractivity contribution in [2.24, 2.45) is 0 Å². The molecule has 6 nitrogen and oxygen atoms in total. The summed E-state index contributed by atoms with van der Waals surface area (Å²) in [4.78, 5) is 24.7. The highest BCUT2D eigenvalue weighted by molar-refractivity contribution is 7.99. The van der Waals surface area contributed by atoms with Gasteiger partial charge in [-0.15, -0.1) is 21.5 Å². The number of anilines is 2. The van der Waals surface area contributed by atoms with Crippen LogP contribution in [0, 0.1) is 13.8 Å². The van der Waals surface area contributed by atoms with E-state index in [0.29, 0.717) is 15.7 Å². The Balaban J connectivity index is 1.51. The molecule has 0 saturated heterocycles. The number of hydrogen-bond donors (Lipinski definition) is 2. The van der Waals surface area contributed by atoms with E-state index < -0.39 is 0 Å². The molecule has 0 radical (unpaired) electrons. The number of benzene rings is 1. The van der Waals surface area contributed by atoms with Crippen molar-refractivity contribution in [2.45, 2.75) is 18.9 Å². The molecule has 0 saturated carbocycles. The van der Waals surface area contributed by atoms with E-state index in [2.05, 4.69) is 20.8 Å². The molecule has 2 heterocycles. The van der Waals surface area contributed by atoms with E-state index in [1.807, 2.05) is 43.5 Å². The smallest absolute Gasteiger partial charge is 0.266 e. The molecule has 2 amide bonds. The van der Waals surface area contributed by atoms with E-state index in [9.17, 15) is 9.59 Å². The van der Waals surface area contributed by atoms with Crippen LogP contribution in [0.4, 0.5) is 11.5 Å². The van der Waals surface area contributed by atoms with Gasteiger partial charge >= 0.3 is 0 Å². The van der Waals surface area contributed by atoms with Crippen LogP contribution >= 0.6 is 23.1 Å². The van der Waals surface area contributed by atoms with Crippen molar-refractivity contribution < 1.29 is 9.59 Å². The Labute approximate surface area is 165 Å². The lowest BCUT2D eigenvalue weighted by Gasteiger charge is -2.09. The fraction of sp³-hybridized carbons (Fsp3) is 0.158. The van der Waals surface area contributed by atoms with E-state index in [1.54, 1.807) is 18.2 Å². The maximum absolute atomic E-state index is 12.2. The van der Waals surface area contributed by atoms with Crippen molar-refractivity contribution in [3.63, 3.8) is 0 Å². The minimum atomic E-state index is -0.215. The van der Waals surface area contributed by atoms with Crippen molar-refractivity contribution in [1.29, 1.82) is 0 Å². The van der Waals surface area contributed by atoms with Gasteiger partial charge in [0.1, 0.15) is 5.03 Å². The Morgan fingerprint density at radius 1 is 1.07 bits per heavy atom. The van der Waals surface area contributed by atoms with Crippen molar-refractivity contribution in [1.82, 2.24) is 10.2 Å². The molecule has 8 heteroatoms. The quantitative estimate of drug-likeness (QED) is 0.610. The first kappa shape index (κ1) is 19.1. The van der Waals surface area contributed by atoms with Gasteiger partial charge in [-0.25, -0.2) is 0 Å². The first-order valence-corrected chi connectivity index (χ1v) is 10.1. The average Bonchev–Trinajstić information content (AvgIpc) is 3.19. The lowest BCUT2D eigenvalue weighted by molar-refractivity contribution is -0.113. The summed E-state index contributed by atoms with van der Waals surface area (Å²) >= 11 is 2.65. The molecule has 0 unspecified atom stereocenters. The maximum atomic E-state index is 12.2. The molecule has 0 atom stereocenters. The molecule has 0 aliphatic carbocycles. The summed E-state index contributed by atoms with van der Waals surface area (Å²) in [6.45, 7) is 3.94. The van der Waals surface area contributed by atoms with Gasteiger partial charge in [0, 0.05) is 5.69 Å². The molecule has 0 spiro atoms. The van der Waals surface area contributed by atoms with Crippen LogP contribution in [0.2, 0.25) is 0 Å². The van der Waals surface area contributed by atoms with Gasteiger partial charge in [0.05, 0.1) is 10.6 Å². The first-order chi connectivity index (χ1) is 13.0. The Morgan fingerprint density at radius 3 is 2.63 bits per heavy atom. The van der Waals surface area contributed by atoms with Crippen LogP contribution in [0.1, 0.15) is 20.8 Å². The highest BCUT2D eigenvalue weighted by atomic mass is 32.2. The van der Waals surface area contributed by atoms with Crippen LogP contribution in [-0.4, -0.2) is 27.8 Å². The van der Waals surface area contributed by atoms with Crippen LogP contribution in [-0.2, 0) is 4.79 Å². The lowest BCUT2D eigenvalue weighted by Crippen LogP contribution is -2.15. The molecule has 0 aliphatic heterocycles. The third-order valence-electron chi connectivity index (χ3n) is 3.64. The molecule has 2 aromatic heterocycles. The van der Waals surface area contributed by atoms with Crippen molar-refractivity contribution in [3.05, 3.63) is 63.8 Å². The number of nitrogens with one attached hydrogen (secondary N) is 2. The average molecular weight is 399 g/mol. The molecule has 3 aromatic rings. The van der Waals surface area contributed by atoms with Crippen LogP contribution in [0.25, 0.3) is 0 Å². The molecule has 0 fully saturated rings. The fourth-order valence-electron chi connectivity index (χ4n) is 2.25. The Kier molecular flexibility index (Phi) is 6.20. The van der Waals surface area contributed by atoms with Gasteiger partial charge in [-0.1, -0.05) is 30.0 Å². The zero-order chi connectivity index (χ0) is 19.2. The number of carbonyl (C=O) groups excluding carboxylic acids is 2. The SMILES string of the molecule is Cc1ccc(C)c(NC(=O)CSc2ccc(NC(=O)c3cccs3)nn2)c1. The summed E-state index contributed by atoms with van der Waals surface area (Å²) in [5.41, 5.74) is 2.93. The highest BCUT2D eigenvalue weighted by Gasteiger charge is 2.10. The molecule has 2 N–H and O–H groups in total. The summed E-state index contributed by atoms with van der Waals surface area (Å²) in [5.74, 6) is 0.277. The normalized spacial score (nSPS) is 10.4. The number of nitrogens with zero attached hydrogens (tertiary/aromatic N) is 2. The van der Waals surface area contributed by atoms with Gasteiger partial charge in [-0.3, -0.25) is 9.59 Å². The zero-order valence-corrected chi connectivity index (χ0v) is 16.5. The predicted molar refractivity (Wildman–Crippen MR) is 110 cm³/mol. The number of hydrogen-bond acceptors (Lipinski definition) is 6. The number of rotatable bonds is 6. The third-order valence-corrected chi connectivity index (χ3v) is 5.43. The second-order valence-electron chi connectivity index (χ2n) is 5.84. The fourth-order valence-corrected chi connectivity index (χ4v) is 3.48. The van der Waals surface area contributed by atoms with E-state index in [1.165, 1.54) is 23.1 Å². The molecule has 138 valence electrons. The number of thioether (sulfide) groups is 1. The third kappa shape index (κ3) is 5.38. The van der Waals surface area contributed by atoms with Crippen LogP contribution in [0.3, 0.4) is 0 Å². The number of carbonyl (C=O) groups is 2. The van der Waals surface area contributed by atoms with Gasteiger partial charge in [0.25, 0.3) is 5.91 Å². The van der Waals surface area contributed by atoms with Crippen molar-refractivity contribution in [3.8, 4) is 0 Å². The summed E-state index contributed by atoms with van der Waals surface area (Å²) in [6.07, 6.45) is 0. The van der Waals surface area contributed by atoms with Gasteiger partial charge < -0.3 is 10.6 Å². The first-order valence-electron chi connectivity index (χ1n) is 8.20. The summed E-state index contributed by atoms with van der Waals surface area (Å²) in [7, 11) is 0. The minimum Gasteiger partial charge on any atom is -0.325 e. The Morgan fingerprint density at radius 2 is 1.93 bits per heavy atom. The molecular formula is C19H18N4O2S2. The molecule has 3 rings (SSSR count). The van der Waals surface area contributed by atoms with Crippen molar-refractivity contribution in [2.75, 3.05) is 16.4 Å². The van der Waals surface area contributed by atoms with E-state index in [-0.39, 0.29) is 17.6 Å². The van der Waals surface area contributed by atoms with Crippen LogP contribution in [0.15, 0.2) is 52.9 Å². The number of thiophene rings is 1. The predicted octanol–water partition coefficient (Wildman–Crippen LogP) is 4.14. The molecular weight excluding hydrogens is 380 g/mol. The topological polar surface area (TPSA) is 84.0 Å². The highest BCUT2D eigenvalue weighted by Crippen LogP contribution is 2.19. The van der Waals surface area contributed by atoms with Crippen LogP contribution < -0.4 is 10.6 Å². The molecule has 27 heavy (non-hydrogen) atoms. The standard InChI is InChI=1S/C19H18N4O2S2/c1-12-5-6-13(2)14(10-12)20-17(24)11-27-18-8-7-16(22-23-18)21-19(25)15-4-3-9-26-15/h3-10H,11H2,1-2H3,(H,20,24)(H,21,22,25). The van der Waals surface area contributed by atoms with Gasteiger partial charge in [0.15, 0.2) is 5.82 Å². The number of amides is 2. The second kappa shape index (κ2) is 8.79. The second-order valence-corrected chi connectivity index (χ2v) is 7.79. The van der Waals surface area contributed by atoms with Gasteiger partial charge in [-0.2, -0.15) is 0 Å². The summed E-state index contributed by atoms with van der Waals surface area (Å²) in [6, 6.07) is 12.9. The van der Waals surface area contributed by atoms with Crippen molar-refractivity contribution >= 4 is 46.4 Å². The number of aryl methyl sites for hydroxylation is 2. The number of aromatic nitrogens is 2. The summed E-state index contributed by atoms with van der Waals surface area (Å²) in [5, 5.41) is 16.1. The van der Waals surface area contributed by atoms with Crippen LogP contribution in [0.5, 0.6) is 0 Å². The zero-order valence-electron chi connectivity index (χ0n) is 14.9. The van der Waals surface area contributed by atoms with Gasteiger partial charge in [-0.05, 0) is 54.6 Å². The van der Waals surface area contributed by atoms with E-state index >= 15 is 0 Å². The molecule has 0 aliphatic rings. The monoisotopic (exact) mass is 398 g/mol. The van der Waals surface area contributed by atoms with Gasteiger partial charge in [0.2, 0.25) is 5.91 Å². The molecule has 1 aromatic carbocycles. The molecule has 0 bridgehead atoms. The Bertz CT molecular complexity index is 941. The minimum absolute atomic E-state index is 0.106. The Hall–Kier alpha value is -2.71. The lowest BCUT2D eigenvalue weighted by atomic mass is 10.1.